The highest BCUT2D eigenvalue weighted by molar-refractivity contribution is 6.07. The molecule has 1 aromatic heterocycles. The first-order chi connectivity index (χ1) is 16.4. The first kappa shape index (κ1) is 21.8. The largest absolute Gasteiger partial charge is 0.433 e. The third-order valence-corrected chi connectivity index (χ3v) is 5.96. The maximum Gasteiger partial charge on any atom is 0.387 e. The molecule has 1 aliphatic rings. The van der Waals surface area contributed by atoms with Gasteiger partial charge in [0.2, 0.25) is 0 Å². The standard InChI is InChI=1S/C26H21F2N3O3/c1-16-29-21-9-3-2-8-20(21)25(33)31(16)19-13-11-18(12-14-19)24(32)30-15-5-7-17-6-4-10-22(23(17)30)34-26(27)28/h2-4,6,8-14,26H,5,7,15H2,1H3. The van der Waals surface area contributed by atoms with Gasteiger partial charge in [-0.1, -0.05) is 24.3 Å². The summed E-state index contributed by atoms with van der Waals surface area (Å²) in [5.74, 6) is 0.196. The van der Waals surface area contributed by atoms with Gasteiger partial charge in [0.15, 0.2) is 0 Å². The van der Waals surface area contributed by atoms with Crippen molar-refractivity contribution in [1.29, 1.82) is 0 Å². The maximum absolute atomic E-state index is 13.4. The minimum absolute atomic E-state index is 0.0124. The fraction of sp³-hybridized carbons (Fsp3) is 0.192. The van der Waals surface area contributed by atoms with Gasteiger partial charge in [-0.15, -0.1) is 0 Å². The summed E-state index contributed by atoms with van der Waals surface area (Å²) in [6, 6.07) is 18.7. The van der Waals surface area contributed by atoms with Gasteiger partial charge < -0.3 is 9.64 Å². The Morgan fingerprint density at radius 2 is 1.79 bits per heavy atom. The van der Waals surface area contributed by atoms with E-state index in [1.807, 2.05) is 12.1 Å². The molecular formula is C26H21F2N3O3. The summed E-state index contributed by atoms with van der Waals surface area (Å²) < 4.78 is 32.1. The molecule has 0 aliphatic carbocycles. The molecule has 0 bridgehead atoms. The Hall–Kier alpha value is -4.07. The van der Waals surface area contributed by atoms with Crippen LogP contribution < -0.4 is 15.2 Å². The number of aromatic nitrogens is 2. The fourth-order valence-corrected chi connectivity index (χ4v) is 4.47. The number of carbonyl (C=O) groups is 1. The van der Waals surface area contributed by atoms with E-state index in [9.17, 15) is 18.4 Å². The van der Waals surface area contributed by atoms with Crippen LogP contribution in [0.1, 0.15) is 28.2 Å². The summed E-state index contributed by atoms with van der Waals surface area (Å²) in [6.07, 6.45) is 1.39. The van der Waals surface area contributed by atoms with E-state index in [2.05, 4.69) is 4.98 Å². The number of fused-ring (bicyclic) bond motifs is 2. The van der Waals surface area contributed by atoms with Gasteiger partial charge in [0, 0.05) is 12.1 Å². The maximum atomic E-state index is 13.4. The zero-order valence-electron chi connectivity index (χ0n) is 18.4. The molecule has 0 unspecified atom stereocenters. The monoisotopic (exact) mass is 461 g/mol. The van der Waals surface area contributed by atoms with E-state index < -0.39 is 6.61 Å². The van der Waals surface area contributed by atoms with Crippen molar-refractivity contribution >= 4 is 22.5 Å². The SMILES string of the molecule is Cc1nc2ccccc2c(=O)n1-c1ccc(C(=O)N2CCCc3cccc(OC(F)F)c32)cc1. The molecule has 172 valence electrons. The second-order valence-corrected chi connectivity index (χ2v) is 8.07. The van der Waals surface area contributed by atoms with E-state index in [4.69, 9.17) is 4.74 Å². The number of para-hydroxylation sites is 2. The molecule has 8 heteroatoms. The molecule has 4 aromatic rings. The Labute approximate surface area is 194 Å². The molecule has 3 aromatic carbocycles. The summed E-state index contributed by atoms with van der Waals surface area (Å²) in [6.45, 7) is -0.839. The first-order valence-electron chi connectivity index (χ1n) is 10.9. The Morgan fingerprint density at radius 3 is 2.56 bits per heavy atom. The van der Waals surface area contributed by atoms with Crippen LogP contribution in [-0.4, -0.2) is 28.6 Å². The average Bonchev–Trinajstić information content (AvgIpc) is 2.83. The van der Waals surface area contributed by atoms with Crippen molar-refractivity contribution in [3.8, 4) is 11.4 Å². The minimum atomic E-state index is -2.98. The van der Waals surface area contributed by atoms with Gasteiger partial charge >= 0.3 is 6.61 Å². The highest BCUT2D eigenvalue weighted by Crippen LogP contribution is 2.38. The molecule has 0 saturated heterocycles. The van der Waals surface area contributed by atoms with Crippen LogP contribution in [0.4, 0.5) is 14.5 Å². The van der Waals surface area contributed by atoms with E-state index in [0.717, 1.165) is 5.56 Å². The van der Waals surface area contributed by atoms with Crippen LogP contribution in [0.3, 0.4) is 0 Å². The van der Waals surface area contributed by atoms with Gasteiger partial charge in [0.1, 0.15) is 11.6 Å². The van der Waals surface area contributed by atoms with Gasteiger partial charge in [-0.25, -0.2) is 4.98 Å². The fourth-order valence-electron chi connectivity index (χ4n) is 4.47. The number of carbonyl (C=O) groups excluding carboxylic acids is 1. The van der Waals surface area contributed by atoms with Crippen LogP contribution in [0, 0.1) is 6.92 Å². The number of hydrogen-bond donors (Lipinski definition) is 0. The number of nitrogens with zero attached hydrogens (tertiary/aromatic N) is 3. The van der Waals surface area contributed by atoms with Gasteiger partial charge in [0.05, 0.1) is 22.3 Å². The van der Waals surface area contributed by atoms with Crippen LogP contribution in [-0.2, 0) is 6.42 Å². The van der Waals surface area contributed by atoms with E-state index in [1.165, 1.54) is 15.5 Å². The van der Waals surface area contributed by atoms with Crippen molar-refractivity contribution in [1.82, 2.24) is 9.55 Å². The molecule has 5 rings (SSSR count). The third-order valence-electron chi connectivity index (χ3n) is 5.96. The molecule has 0 N–H and O–H groups in total. The molecule has 6 nitrogen and oxygen atoms in total. The van der Waals surface area contributed by atoms with Crippen molar-refractivity contribution in [3.05, 3.63) is 94.0 Å². The Morgan fingerprint density at radius 1 is 1.03 bits per heavy atom. The zero-order chi connectivity index (χ0) is 23.8. The summed E-state index contributed by atoms with van der Waals surface area (Å²) in [7, 11) is 0. The van der Waals surface area contributed by atoms with Gasteiger partial charge in [0.25, 0.3) is 11.5 Å². The molecule has 34 heavy (non-hydrogen) atoms. The molecule has 0 saturated carbocycles. The van der Waals surface area contributed by atoms with E-state index >= 15 is 0 Å². The average molecular weight is 461 g/mol. The van der Waals surface area contributed by atoms with Crippen LogP contribution in [0.5, 0.6) is 5.75 Å². The van der Waals surface area contributed by atoms with E-state index in [0.29, 0.717) is 53.1 Å². The highest BCUT2D eigenvalue weighted by atomic mass is 19.3. The predicted molar refractivity (Wildman–Crippen MR) is 125 cm³/mol. The van der Waals surface area contributed by atoms with Crippen LogP contribution >= 0.6 is 0 Å². The Kier molecular flexibility index (Phi) is 5.57. The van der Waals surface area contributed by atoms with Crippen molar-refractivity contribution in [2.45, 2.75) is 26.4 Å². The lowest BCUT2D eigenvalue weighted by Gasteiger charge is -2.31. The van der Waals surface area contributed by atoms with Gasteiger partial charge in [-0.05, 0) is 67.8 Å². The summed E-state index contributed by atoms with van der Waals surface area (Å²) >= 11 is 0. The third kappa shape index (κ3) is 3.81. The first-order valence-corrected chi connectivity index (χ1v) is 10.9. The molecule has 0 spiro atoms. The van der Waals surface area contributed by atoms with Gasteiger partial charge in [-0.3, -0.25) is 14.2 Å². The van der Waals surface area contributed by atoms with E-state index in [1.54, 1.807) is 55.5 Å². The molecule has 1 aliphatic heterocycles. The lowest BCUT2D eigenvalue weighted by molar-refractivity contribution is -0.0495. The molecule has 0 atom stereocenters. The Bertz CT molecular complexity index is 1450. The summed E-state index contributed by atoms with van der Waals surface area (Å²) in [5, 5.41) is 0.504. The quantitative estimate of drug-likeness (QED) is 0.434. The molecule has 0 fully saturated rings. The lowest BCUT2D eigenvalue weighted by Crippen LogP contribution is -2.36. The predicted octanol–water partition coefficient (Wildman–Crippen LogP) is 4.89. The number of alkyl halides is 2. The topological polar surface area (TPSA) is 64.4 Å². The molecule has 0 radical (unpaired) electrons. The van der Waals surface area contributed by atoms with Crippen molar-refractivity contribution in [2.75, 3.05) is 11.4 Å². The van der Waals surface area contributed by atoms with Crippen molar-refractivity contribution in [2.24, 2.45) is 0 Å². The molecular weight excluding hydrogens is 440 g/mol. The number of amides is 1. The highest BCUT2D eigenvalue weighted by Gasteiger charge is 2.28. The number of ether oxygens (including phenoxy) is 1. The van der Waals surface area contributed by atoms with Crippen LogP contribution in [0.25, 0.3) is 16.6 Å². The summed E-state index contributed by atoms with van der Waals surface area (Å²) in [5.41, 5.74) is 2.56. The number of halogens is 2. The molecule has 2 heterocycles. The zero-order valence-corrected chi connectivity index (χ0v) is 18.4. The van der Waals surface area contributed by atoms with E-state index in [-0.39, 0.29) is 17.2 Å². The van der Waals surface area contributed by atoms with Crippen LogP contribution in [0.15, 0.2) is 71.5 Å². The minimum Gasteiger partial charge on any atom is -0.433 e. The second-order valence-electron chi connectivity index (χ2n) is 8.07. The number of benzene rings is 3. The number of hydrogen-bond acceptors (Lipinski definition) is 4. The lowest BCUT2D eigenvalue weighted by atomic mass is 10.00. The number of anilines is 1. The number of aryl methyl sites for hydroxylation is 2. The Balaban J connectivity index is 1.50. The van der Waals surface area contributed by atoms with Crippen molar-refractivity contribution in [3.63, 3.8) is 0 Å². The normalized spacial score (nSPS) is 13.2. The van der Waals surface area contributed by atoms with Crippen molar-refractivity contribution < 1.29 is 18.3 Å². The second kappa shape index (κ2) is 8.70. The smallest absolute Gasteiger partial charge is 0.387 e. The van der Waals surface area contributed by atoms with Gasteiger partial charge in [-0.2, -0.15) is 8.78 Å². The molecule has 1 amide bonds. The number of rotatable bonds is 4. The van der Waals surface area contributed by atoms with Crippen LogP contribution in [0.2, 0.25) is 0 Å². The summed E-state index contributed by atoms with van der Waals surface area (Å²) in [4.78, 5) is 32.4.